The maximum absolute atomic E-state index is 3.50. The first-order chi connectivity index (χ1) is 11.2. The molecule has 0 aliphatic heterocycles. The fourth-order valence-electron chi connectivity index (χ4n) is 2.50. The maximum atomic E-state index is 3.50. The number of hydrogen-bond donors (Lipinski definition) is 0. The van der Waals surface area contributed by atoms with Crippen molar-refractivity contribution in [2.24, 2.45) is 0 Å². The van der Waals surface area contributed by atoms with Gasteiger partial charge >= 0.3 is 0 Å². The second-order valence-corrected chi connectivity index (χ2v) is 7.28. The van der Waals surface area contributed by atoms with E-state index in [0.29, 0.717) is 0 Å². The predicted molar refractivity (Wildman–Crippen MR) is 105 cm³/mol. The van der Waals surface area contributed by atoms with Gasteiger partial charge in [-0.25, -0.2) is 0 Å². The highest BCUT2D eigenvalue weighted by Crippen LogP contribution is 2.21. The Bertz CT molecular complexity index is 689. The van der Waals surface area contributed by atoms with Crippen LogP contribution in [0.5, 0.6) is 0 Å². The zero-order valence-electron chi connectivity index (χ0n) is 12.6. The van der Waals surface area contributed by atoms with Gasteiger partial charge in [0.05, 0.1) is 0 Å². The van der Waals surface area contributed by atoms with Crippen LogP contribution in [0.1, 0.15) is 11.1 Å². The zero-order valence-corrected chi connectivity index (χ0v) is 15.8. The van der Waals surface area contributed by atoms with Crippen LogP contribution in [0.2, 0.25) is 0 Å². The van der Waals surface area contributed by atoms with Crippen LogP contribution in [0, 0.1) is 0 Å². The molecule has 0 aromatic heterocycles. The van der Waals surface area contributed by atoms with E-state index in [1.807, 2.05) is 0 Å². The number of para-hydroxylation sites is 1. The molecule has 0 unspecified atom stereocenters. The van der Waals surface area contributed by atoms with Gasteiger partial charge in [0, 0.05) is 27.7 Å². The van der Waals surface area contributed by atoms with Crippen molar-refractivity contribution in [1.82, 2.24) is 0 Å². The lowest BCUT2D eigenvalue weighted by atomic mass is 10.1. The Morgan fingerprint density at radius 1 is 0.565 bits per heavy atom. The summed E-state index contributed by atoms with van der Waals surface area (Å²) >= 11 is 7.00. The Labute approximate surface area is 154 Å². The molecule has 3 aromatic carbocycles. The second-order valence-electron chi connectivity index (χ2n) is 5.44. The lowest BCUT2D eigenvalue weighted by molar-refractivity contribution is 0.800. The van der Waals surface area contributed by atoms with E-state index in [2.05, 4.69) is 116 Å². The SMILES string of the molecule is Brc1ccc(CN(Cc2ccc(Br)cc2)c2ccccc2)cc1. The summed E-state index contributed by atoms with van der Waals surface area (Å²) in [5, 5.41) is 0. The molecule has 0 amide bonds. The molecule has 3 rings (SSSR count). The highest BCUT2D eigenvalue weighted by atomic mass is 79.9. The molecule has 3 heteroatoms. The van der Waals surface area contributed by atoms with Crippen LogP contribution in [-0.2, 0) is 13.1 Å². The summed E-state index contributed by atoms with van der Waals surface area (Å²) in [7, 11) is 0. The van der Waals surface area contributed by atoms with Gasteiger partial charge < -0.3 is 4.90 Å². The Kier molecular flexibility index (Phi) is 5.52. The largest absolute Gasteiger partial charge is 0.363 e. The van der Waals surface area contributed by atoms with Crippen LogP contribution in [0.4, 0.5) is 5.69 Å². The number of rotatable bonds is 5. The second kappa shape index (κ2) is 7.80. The van der Waals surface area contributed by atoms with E-state index in [-0.39, 0.29) is 0 Å². The minimum Gasteiger partial charge on any atom is -0.363 e. The topological polar surface area (TPSA) is 3.24 Å². The summed E-state index contributed by atoms with van der Waals surface area (Å²) in [4.78, 5) is 2.40. The van der Waals surface area contributed by atoms with E-state index in [1.165, 1.54) is 16.8 Å². The minimum absolute atomic E-state index is 0.882. The van der Waals surface area contributed by atoms with Gasteiger partial charge in [-0.2, -0.15) is 0 Å². The third-order valence-electron chi connectivity index (χ3n) is 3.69. The van der Waals surface area contributed by atoms with Gasteiger partial charge in [0.2, 0.25) is 0 Å². The van der Waals surface area contributed by atoms with E-state index in [1.54, 1.807) is 0 Å². The van der Waals surface area contributed by atoms with Crippen LogP contribution in [0.15, 0.2) is 87.8 Å². The quantitative estimate of drug-likeness (QED) is 0.451. The van der Waals surface area contributed by atoms with Crippen molar-refractivity contribution in [2.75, 3.05) is 4.90 Å². The molecule has 0 aliphatic rings. The summed E-state index contributed by atoms with van der Waals surface area (Å²) in [6.45, 7) is 1.76. The first kappa shape index (κ1) is 16.3. The van der Waals surface area contributed by atoms with Crippen LogP contribution >= 0.6 is 31.9 Å². The molecule has 23 heavy (non-hydrogen) atoms. The first-order valence-corrected chi connectivity index (χ1v) is 9.08. The molecule has 0 saturated heterocycles. The Hall–Kier alpha value is -1.58. The standard InChI is InChI=1S/C20H17Br2N/c21-18-10-6-16(7-11-18)14-23(20-4-2-1-3-5-20)15-17-8-12-19(22)13-9-17/h1-13H,14-15H2. The average Bonchev–Trinajstić information content (AvgIpc) is 2.59. The normalized spacial score (nSPS) is 10.5. The van der Waals surface area contributed by atoms with Crippen molar-refractivity contribution in [3.8, 4) is 0 Å². The van der Waals surface area contributed by atoms with Gasteiger partial charge in [0.1, 0.15) is 0 Å². The minimum atomic E-state index is 0.882. The summed E-state index contributed by atoms with van der Waals surface area (Å²) < 4.78 is 2.22. The highest BCUT2D eigenvalue weighted by Gasteiger charge is 2.08. The summed E-state index contributed by atoms with van der Waals surface area (Å²) in [5.41, 5.74) is 3.83. The van der Waals surface area contributed by atoms with E-state index >= 15 is 0 Å². The molecule has 0 fully saturated rings. The molecule has 116 valence electrons. The highest BCUT2D eigenvalue weighted by molar-refractivity contribution is 9.10. The first-order valence-electron chi connectivity index (χ1n) is 7.49. The van der Waals surface area contributed by atoms with E-state index in [4.69, 9.17) is 0 Å². The number of hydrogen-bond acceptors (Lipinski definition) is 1. The summed E-state index contributed by atoms with van der Waals surface area (Å²) in [6, 6.07) is 27.6. The van der Waals surface area contributed by atoms with E-state index < -0.39 is 0 Å². The number of halogens is 2. The molecule has 0 atom stereocenters. The third-order valence-corrected chi connectivity index (χ3v) is 4.75. The Morgan fingerprint density at radius 3 is 1.43 bits per heavy atom. The molecule has 0 spiro atoms. The zero-order chi connectivity index (χ0) is 16.1. The van der Waals surface area contributed by atoms with Crippen molar-refractivity contribution < 1.29 is 0 Å². The fraction of sp³-hybridized carbons (Fsp3) is 0.100. The van der Waals surface area contributed by atoms with Gasteiger partial charge in [-0.05, 0) is 47.5 Å². The van der Waals surface area contributed by atoms with Crippen molar-refractivity contribution in [3.63, 3.8) is 0 Å². The average molecular weight is 431 g/mol. The molecule has 3 aromatic rings. The van der Waals surface area contributed by atoms with Crippen LogP contribution < -0.4 is 4.90 Å². The molecule has 0 bridgehead atoms. The van der Waals surface area contributed by atoms with Gasteiger partial charge in [0.25, 0.3) is 0 Å². The Morgan fingerprint density at radius 2 is 1.00 bits per heavy atom. The molecule has 0 saturated carbocycles. The van der Waals surface area contributed by atoms with E-state index in [9.17, 15) is 0 Å². The maximum Gasteiger partial charge on any atom is 0.0433 e. The smallest absolute Gasteiger partial charge is 0.0433 e. The van der Waals surface area contributed by atoms with Crippen molar-refractivity contribution in [3.05, 3.63) is 98.9 Å². The molecule has 0 radical (unpaired) electrons. The number of benzene rings is 3. The van der Waals surface area contributed by atoms with Gasteiger partial charge in [-0.1, -0.05) is 74.3 Å². The van der Waals surface area contributed by atoms with Crippen molar-refractivity contribution in [2.45, 2.75) is 13.1 Å². The molecule has 0 heterocycles. The molecule has 0 aliphatic carbocycles. The lowest BCUT2D eigenvalue weighted by Gasteiger charge is -2.25. The molecule has 1 nitrogen and oxygen atoms in total. The summed E-state index contributed by atoms with van der Waals surface area (Å²) in [6.07, 6.45) is 0. The van der Waals surface area contributed by atoms with Gasteiger partial charge in [0.15, 0.2) is 0 Å². The molecular weight excluding hydrogens is 414 g/mol. The van der Waals surface area contributed by atoms with Crippen molar-refractivity contribution >= 4 is 37.5 Å². The van der Waals surface area contributed by atoms with Crippen LogP contribution in [0.3, 0.4) is 0 Å². The van der Waals surface area contributed by atoms with Gasteiger partial charge in [-0.3, -0.25) is 0 Å². The Balaban J connectivity index is 1.84. The summed E-state index contributed by atoms with van der Waals surface area (Å²) in [5.74, 6) is 0. The van der Waals surface area contributed by atoms with Gasteiger partial charge in [-0.15, -0.1) is 0 Å². The predicted octanol–water partition coefficient (Wildman–Crippen LogP) is 6.42. The van der Waals surface area contributed by atoms with Crippen LogP contribution in [-0.4, -0.2) is 0 Å². The van der Waals surface area contributed by atoms with Crippen molar-refractivity contribution in [1.29, 1.82) is 0 Å². The number of anilines is 1. The number of nitrogens with zero attached hydrogens (tertiary/aromatic N) is 1. The third kappa shape index (κ3) is 4.69. The fourth-order valence-corrected chi connectivity index (χ4v) is 3.03. The molecular formula is C20H17Br2N. The van der Waals surface area contributed by atoms with Crippen LogP contribution in [0.25, 0.3) is 0 Å². The lowest BCUT2D eigenvalue weighted by Crippen LogP contribution is -2.22. The molecule has 0 N–H and O–H groups in total. The monoisotopic (exact) mass is 429 g/mol. The van der Waals surface area contributed by atoms with E-state index in [0.717, 1.165) is 22.0 Å².